The van der Waals surface area contributed by atoms with Crippen molar-refractivity contribution in [2.75, 3.05) is 13.2 Å². The molecule has 0 aliphatic carbocycles. The lowest BCUT2D eigenvalue weighted by Crippen LogP contribution is -2.36. The van der Waals surface area contributed by atoms with Gasteiger partial charge >= 0.3 is 6.18 Å². The number of ether oxygens (including phenoxy) is 3. The Morgan fingerprint density at radius 1 is 1.10 bits per heavy atom. The lowest BCUT2D eigenvalue weighted by molar-refractivity contribution is -0.188. The molecule has 3 heterocycles. The van der Waals surface area contributed by atoms with Crippen LogP contribution in [-0.2, 0) is 28.0 Å². The molecule has 0 spiro atoms. The minimum absolute atomic E-state index is 0.0383. The Balaban J connectivity index is 1.74. The molecule has 4 rings (SSSR count). The van der Waals surface area contributed by atoms with Gasteiger partial charge < -0.3 is 18.8 Å². The van der Waals surface area contributed by atoms with Crippen LogP contribution in [0.25, 0.3) is 0 Å². The van der Waals surface area contributed by atoms with E-state index in [1.165, 1.54) is 30.3 Å². The quantitative estimate of drug-likeness (QED) is 0.531. The van der Waals surface area contributed by atoms with Crippen molar-refractivity contribution < 1.29 is 31.8 Å². The molecule has 0 N–H and O–H groups in total. The van der Waals surface area contributed by atoms with E-state index in [1.807, 2.05) is 0 Å². The Labute approximate surface area is 173 Å². The summed E-state index contributed by atoms with van der Waals surface area (Å²) in [5.74, 6) is -2.64. The molecular formula is C19H14ClF4N3O3. The number of alkyl halides is 3. The van der Waals surface area contributed by atoms with Crippen LogP contribution in [0.4, 0.5) is 17.6 Å². The van der Waals surface area contributed by atoms with Crippen molar-refractivity contribution in [3.63, 3.8) is 0 Å². The first-order valence-corrected chi connectivity index (χ1v) is 9.10. The van der Waals surface area contributed by atoms with E-state index in [1.54, 1.807) is 0 Å². The maximum absolute atomic E-state index is 13.9. The number of benzene rings is 1. The smallest absolute Gasteiger partial charge is 0.433 e. The van der Waals surface area contributed by atoms with Crippen LogP contribution in [0.5, 0.6) is 11.6 Å². The molecule has 3 aromatic rings. The number of pyridine rings is 1. The number of hydrogen-bond acceptors (Lipinski definition) is 5. The first-order chi connectivity index (χ1) is 14.3. The standard InChI is InChI=1S/C19H14ClF4N3O3/c20-12-1-3-13(4-2-12)30-16-6-5-14(17(26-16)19(22,23)24)18(28-7-8-29-18)10-27-11-25-9-15(27)21/h1-6,9,11H,7-8,10H2. The summed E-state index contributed by atoms with van der Waals surface area (Å²) in [7, 11) is 0. The summed E-state index contributed by atoms with van der Waals surface area (Å²) in [6.45, 7) is -0.297. The second-order valence-corrected chi connectivity index (χ2v) is 6.83. The van der Waals surface area contributed by atoms with Gasteiger partial charge in [0, 0.05) is 16.7 Å². The predicted octanol–water partition coefficient (Wildman–Crippen LogP) is 4.78. The first kappa shape index (κ1) is 20.6. The summed E-state index contributed by atoms with van der Waals surface area (Å²) < 4.78 is 72.9. The summed E-state index contributed by atoms with van der Waals surface area (Å²) >= 11 is 5.80. The highest BCUT2D eigenvalue weighted by Crippen LogP contribution is 2.42. The first-order valence-electron chi connectivity index (χ1n) is 8.72. The summed E-state index contributed by atoms with van der Waals surface area (Å²) in [4.78, 5) is 7.28. The number of halogens is 5. The zero-order valence-electron chi connectivity index (χ0n) is 15.2. The molecule has 1 fully saturated rings. The maximum Gasteiger partial charge on any atom is 0.433 e. The average Bonchev–Trinajstić information content (AvgIpc) is 3.33. The third-order valence-corrected chi connectivity index (χ3v) is 4.63. The molecule has 2 aromatic heterocycles. The topological polar surface area (TPSA) is 58.4 Å². The van der Waals surface area contributed by atoms with Gasteiger partial charge in [-0.3, -0.25) is 0 Å². The monoisotopic (exact) mass is 443 g/mol. The fourth-order valence-corrected chi connectivity index (χ4v) is 3.20. The van der Waals surface area contributed by atoms with E-state index in [4.69, 9.17) is 25.8 Å². The Morgan fingerprint density at radius 3 is 2.40 bits per heavy atom. The van der Waals surface area contributed by atoms with Gasteiger partial charge in [-0.05, 0) is 30.3 Å². The van der Waals surface area contributed by atoms with Crippen LogP contribution in [0.15, 0.2) is 48.9 Å². The molecule has 158 valence electrons. The molecule has 6 nitrogen and oxygen atoms in total. The van der Waals surface area contributed by atoms with Crippen molar-refractivity contribution in [2.24, 2.45) is 0 Å². The molecule has 1 aliphatic heterocycles. The molecule has 30 heavy (non-hydrogen) atoms. The lowest BCUT2D eigenvalue weighted by atomic mass is 10.0. The van der Waals surface area contributed by atoms with Crippen molar-refractivity contribution in [1.29, 1.82) is 0 Å². The van der Waals surface area contributed by atoms with Crippen molar-refractivity contribution in [2.45, 2.75) is 18.5 Å². The van der Waals surface area contributed by atoms with E-state index in [0.29, 0.717) is 5.02 Å². The van der Waals surface area contributed by atoms with Crippen molar-refractivity contribution in [3.05, 3.63) is 71.2 Å². The zero-order chi connectivity index (χ0) is 21.4. The normalized spacial score (nSPS) is 16.0. The number of aromatic nitrogens is 3. The molecule has 11 heteroatoms. The Bertz CT molecular complexity index is 1030. The summed E-state index contributed by atoms with van der Waals surface area (Å²) in [5, 5.41) is 0.450. The lowest BCUT2D eigenvalue weighted by Gasteiger charge is -2.30. The zero-order valence-corrected chi connectivity index (χ0v) is 16.0. The minimum atomic E-state index is -4.84. The third kappa shape index (κ3) is 4.11. The molecule has 0 unspecified atom stereocenters. The molecule has 0 amide bonds. The minimum Gasteiger partial charge on any atom is -0.439 e. The van der Waals surface area contributed by atoms with Crippen LogP contribution in [0.3, 0.4) is 0 Å². The number of rotatable bonds is 5. The van der Waals surface area contributed by atoms with Gasteiger partial charge in [0.2, 0.25) is 17.6 Å². The highest BCUT2D eigenvalue weighted by Gasteiger charge is 2.48. The summed E-state index contributed by atoms with van der Waals surface area (Å²) in [5.41, 5.74) is -1.64. The van der Waals surface area contributed by atoms with E-state index in [9.17, 15) is 17.6 Å². The maximum atomic E-state index is 13.9. The Morgan fingerprint density at radius 2 is 1.80 bits per heavy atom. The largest absolute Gasteiger partial charge is 0.439 e. The second kappa shape index (κ2) is 7.86. The average molecular weight is 444 g/mol. The fourth-order valence-electron chi connectivity index (χ4n) is 3.08. The van der Waals surface area contributed by atoms with Crippen molar-refractivity contribution in [3.8, 4) is 11.6 Å². The molecule has 0 radical (unpaired) electrons. The third-order valence-electron chi connectivity index (χ3n) is 4.38. The Kier molecular flexibility index (Phi) is 5.39. The van der Waals surface area contributed by atoms with Crippen LogP contribution < -0.4 is 4.74 Å². The van der Waals surface area contributed by atoms with Gasteiger partial charge in [0.25, 0.3) is 0 Å². The Hall–Kier alpha value is -2.69. The van der Waals surface area contributed by atoms with Gasteiger partial charge in [-0.1, -0.05) is 11.6 Å². The van der Waals surface area contributed by atoms with Gasteiger partial charge in [-0.25, -0.2) is 9.97 Å². The van der Waals surface area contributed by atoms with E-state index >= 15 is 0 Å². The van der Waals surface area contributed by atoms with Gasteiger partial charge in [-0.15, -0.1) is 0 Å². The van der Waals surface area contributed by atoms with Crippen molar-refractivity contribution in [1.82, 2.24) is 14.5 Å². The van der Waals surface area contributed by atoms with Gasteiger partial charge in [0.1, 0.15) is 5.75 Å². The van der Waals surface area contributed by atoms with E-state index in [2.05, 4.69) is 9.97 Å². The molecule has 1 aromatic carbocycles. The van der Waals surface area contributed by atoms with Gasteiger partial charge in [-0.2, -0.15) is 17.6 Å². The highest BCUT2D eigenvalue weighted by molar-refractivity contribution is 6.30. The molecule has 0 saturated carbocycles. The second-order valence-electron chi connectivity index (χ2n) is 6.39. The summed E-state index contributed by atoms with van der Waals surface area (Å²) in [6, 6.07) is 8.47. The molecule has 1 saturated heterocycles. The molecule has 1 aliphatic rings. The van der Waals surface area contributed by atoms with E-state index < -0.39 is 23.6 Å². The van der Waals surface area contributed by atoms with Crippen LogP contribution in [0.2, 0.25) is 5.02 Å². The number of imidazole rings is 1. The fraction of sp³-hybridized carbons (Fsp3) is 0.263. The summed E-state index contributed by atoms with van der Waals surface area (Å²) in [6.07, 6.45) is -2.76. The van der Waals surface area contributed by atoms with Crippen LogP contribution >= 0.6 is 11.6 Å². The highest BCUT2D eigenvalue weighted by atomic mass is 35.5. The SMILES string of the molecule is Fc1cncn1CC1(c2ccc(Oc3ccc(Cl)cc3)nc2C(F)(F)F)OCCO1. The molecular weight excluding hydrogens is 430 g/mol. The van der Waals surface area contributed by atoms with Crippen LogP contribution in [0.1, 0.15) is 11.3 Å². The van der Waals surface area contributed by atoms with Crippen LogP contribution in [0, 0.1) is 5.95 Å². The predicted molar refractivity (Wildman–Crippen MR) is 96.5 cm³/mol. The van der Waals surface area contributed by atoms with Gasteiger partial charge in [0.05, 0.1) is 32.3 Å². The van der Waals surface area contributed by atoms with E-state index in [0.717, 1.165) is 23.2 Å². The van der Waals surface area contributed by atoms with Gasteiger partial charge in [0.15, 0.2) is 5.69 Å². The molecule has 0 bridgehead atoms. The number of nitrogens with zero attached hydrogens (tertiary/aromatic N) is 3. The van der Waals surface area contributed by atoms with Crippen molar-refractivity contribution >= 4 is 11.6 Å². The van der Waals surface area contributed by atoms with Crippen LogP contribution in [-0.4, -0.2) is 27.7 Å². The molecule has 0 atom stereocenters. The number of hydrogen-bond donors (Lipinski definition) is 0. The van der Waals surface area contributed by atoms with E-state index in [-0.39, 0.29) is 37.0 Å².